The van der Waals surface area contributed by atoms with Gasteiger partial charge >= 0.3 is 0 Å². The number of ketones is 1. The molecule has 2 aromatic heterocycles. The molecule has 39 heavy (non-hydrogen) atoms. The second-order valence-corrected chi connectivity index (χ2v) is 11.1. The molecule has 1 atom stereocenters. The third-order valence-electron chi connectivity index (χ3n) is 7.65. The minimum atomic E-state index is -0.457. The monoisotopic (exact) mass is 590 g/mol. The molecule has 0 unspecified atom stereocenters. The molecule has 0 amide bonds. The van der Waals surface area contributed by atoms with E-state index in [0.29, 0.717) is 28.2 Å². The lowest BCUT2D eigenvalue weighted by Crippen LogP contribution is -2.46. The molecule has 2 aliphatic rings. The van der Waals surface area contributed by atoms with Crippen LogP contribution in [0.5, 0.6) is 5.75 Å². The number of likely N-dealkylation sites (tertiary alicyclic amines) is 1. The predicted molar refractivity (Wildman–Crippen MR) is 149 cm³/mol. The standard InChI is InChI=1S/C29H28BrFN6O2/c1-37-11-7-29(8-12-37,28-33-27(35-36-28)18-5-9-32-10-6-18)34-21-4-2-3-19(13-21)25(38)14-20-17-39-26-16-24(31)23(30)15-22(20)26/h2-6,9-10,13,15-16,20,34H,7-8,11-12,14,17H2,1H3,(H,33,35,36)/t20-/m0/s1. The van der Waals surface area contributed by atoms with E-state index >= 15 is 0 Å². The van der Waals surface area contributed by atoms with Gasteiger partial charge in [-0.15, -0.1) is 0 Å². The maximum absolute atomic E-state index is 13.9. The molecule has 0 spiro atoms. The largest absolute Gasteiger partial charge is 0.493 e. The number of carbonyl (C=O) groups excluding carboxylic acids is 1. The average molecular weight is 591 g/mol. The Morgan fingerprint density at radius 3 is 2.79 bits per heavy atom. The van der Waals surface area contributed by atoms with Crippen molar-refractivity contribution in [1.82, 2.24) is 25.1 Å². The van der Waals surface area contributed by atoms with Crippen LogP contribution in [0.25, 0.3) is 11.4 Å². The maximum Gasteiger partial charge on any atom is 0.181 e. The molecule has 8 nitrogen and oxygen atoms in total. The van der Waals surface area contributed by atoms with Gasteiger partial charge in [0.25, 0.3) is 0 Å². The van der Waals surface area contributed by atoms with Crippen LogP contribution >= 0.6 is 15.9 Å². The Kier molecular flexibility index (Phi) is 6.90. The number of H-pyrrole nitrogens is 1. The lowest BCUT2D eigenvalue weighted by molar-refractivity contribution is 0.0969. The van der Waals surface area contributed by atoms with E-state index in [4.69, 9.17) is 9.72 Å². The molecule has 0 aliphatic carbocycles. The first kappa shape index (κ1) is 25.6. The lowest BCUT2D eigenvalue weighted by atomic mass is 9.86. The van der Waals surface area contributed by atoms with E-state index in [1.807, 2.05) is 36.4 Å². The third kappa shape index (κ3) is 5.18. The highest BCUT2D eigenvalue weighted by atomic mass is 79.9. The van der Waals surface area contributed by atoms with Gasteiger partial charge in [-0.3, -0.25) is 14.9 Å². The van der Waals surface area contributed by atoms with Gasteiger partial charge in [-0.25, -0.2) is 9.37 Å². The van der Waals surface area contributed by atoms with Crippen LogP contribution in [0.4, 0.5) is 10.1 Å². The van der Waals surface area contributed by atoms with Gasteiger partial charge in [0, 0.05) is 66.3 Å². The van der Waals surface area contributed by atoms with Crippen molar-refractivity contribution in [2.75, 3.05) is 32.1 Å². The highest BCUT2D eigenvalue weighted by molar-refractivity contribution is 9.10. The molecule has 10 heteroatoms. The summed E-state index contributed by atoms with van der Waals surface area (Å²) in [4.78, 5) is 24.6. The zero-order chi connectivity index (χ0) is 27.0. The van der Waals surface area contributed by atoms with E-state index in [2.05, 4.69) is 48.4 Å². The van der Waals surface area contributed by atoms with Gasteiger partial charge < -0.3 is 15.0 Å². The van der Waals surface area contributed by atoms with Gasteiger partial charge in [0.15, 0.2) is 17.4 Å². The molecular weight excluding hydrogens is 563 g/mol. The predicted octanol–water partition coefficient (Wildman–Crippen LogP) is 5.55. The SMILES string of the molecule is CN1CCC(Nc2cccc(C(=O)C[C@H]3COc4cc(F)c(Br)cc43)c2)(c2nc(-c3ccncc3)n[nH]2)CC1. The molecule has 1 fully saturated rings. The Bertz CT molecular complexity index is 1500. The normalized spacial score (nSPS) is 18.4. The van der Waals surface area contributed by atoms with Crippen molar-refractivity contribution in [3.8, 4) is 17.1 Å². The van der Waals surface area contributed by atoms with Gasteiger partial charge in [0.2, 0.25) is 0 Å². The van der Waals surface area contributed by atoms with Crippen molar-refractivity contribution in [2.24, 2.45) is 0 Å². The minimum absolute atomic E-state index is 0.0117. The van der Waals surface area contributed by atoms with Crippen LogP contribution in [0.1, 0.15) is 46.9 Å². The zero-order valence-corrected chi connectivity index (χ0v) is 23.0. The van der Waals surface area contributed by atoms with E-state index in [9.17, 15) is 9.18 Å². The van der Waals surface area contributed by atoms with Crippen molar-refractivity contribution < 1.29 is 13.9 Å². The van der Waals surface area contributed by atoms with E-state index in [0.717, 1.165) is 48.6 Å². The van der Waals surface area contributed by atoms with Crippen LogP contribution in [-0.2, 0) is 5.54 Å². The summed E-state index contributed by atoms with van der Waals surface area (Å²) < 4.78 is 19.9. The number of ether oxygens (including phenoxy) is 1. The number of aromatic nitrogens is 4. The highest BCUT2D eigenvalue weighted by Gasteiger charge is 2.39. The number of Topliss-reactive ketones (excluding diaryl/α,β-unsaturated/α-hetero) is 1. The van der Waals surface area contributed by atoms with E-state index in [-0.39, 0.29) is 23.9 Å². The van der Waals surface area contributed by atoms with Gasteiger partial charge in [-0.2, -0.15) is 5.10 Å². The molecule has 2 aromatic carbocycles. The number of carbonyl (C=O) groups is 1. The minimum Gasteiger partial charge on any atom is -0.493 e. The number of pyridine rings is 1. The summed E-state index contributed by atoms with van der Waals surface area (Å²) in [6.07, 6.45) is 5.39. The number of benzene rings is 2. The Morgan fingerprint density at radius 2 is 2.00 bits per heavy atom. The van der Waals surface area contributed by atoms with Crippen LogP contribution in [0.2, 0.25) is 0 Å². The summed E-state index contributed by atoms with van der Waals surface area (Å²) in [6, 6.07) is 14.5. The molecular formula is C29H28BrFN6O2. The first-order valence-corrected chi connectivity index (χ1v) is 13.7. The number of rotatable bonds is 7. The first-order chi connectivity index (χ1) is 18.9. The van der Waals surface area contributed by atoms with E-state index in [1.54, 1.807) is 18.5 Å². The average Bonchev–Trinajstić information content (AvgIpc) is 3.60. The van der Waals surface area contributed by atoms with Gasteiger partial charge in [0.1, 0.15) is 11.6 Å². The second kappa shape index (κ2) is 10.5. The van der Waals surface area contributed by atoms with Crippen LogP contribution in [0, 0.1) is 5.82 Å². The van der Waals surface area contributed by atoms with Gasteiger partial charge in [-0.1, -0.05) is 12.1 Å². The summed E-state index contributed by atoms with van der Waals surface area (Å²) in [5, 5.41) is 11.4. The molecule has 6 rings (SSSR count). The molecule has 0 radical (unpaired) electrons. The van der Waals surface area contributed by atoms with E-state index < -0.39 is 5.54 Å². The van der Waals surface area contributed by atoms with Gasteiger partial charge in [-0.05, 0) is 66.2 Å². The molecule has 4 heterocycles. The fourth-order valence-corrected chi connectivity index (χ4v) is 5.71. The number of nitrogens with zero attached hydrogens (tertiary/aromatic N) is 4. The molecule has 0 saturated carbocycles. The second-order valence-electron chi connectivity index (χ2n) is 10.3. The topological polar surface area (TPSA) is 96.0 Å². The molecule has 2 N–H and O–H groups in total. The number of halogens is 2. The number of hydrogen-bond acceptors (Lipinski definition) is 7. The molecule has 0 bridgehead atoms. The smallest absolute Gasteiger partial charge is 0.181 e. The van der Waals surface area contributed by atoms with Crippen molar-refractivity contribution in [3.63, 3.8) is 0 Å². The fraction of sp³-hybridized carbons (Fsp3) is 0.310. The zero-order valence-electron chi connectivity index (χ0n) is 21.5. The Morgan fingerprint density at radius 1 is 1.21 bits per heavy atom. The highest BCUT2D eigenvalue weighted by Crippen LogP contribution is 2.40. The van der Waals surface area contributed by atoms with Crippen LogP contribution in [0.15, 0.2) is 65.4 Å². The number of fused-ring (bicyclic) bond motifs is 1. The van der Waals surface area contributed by atoms with Crippen LogP contribution in [0.3, 0.4) is 0 Å². The Hall–Kier alpha value is -3.63. The number of piperidine rings is 1. The van der Waals surface area contributed by atoms with Crippen molar-refractivity contribution in [1.29, 1.82) is 0 Å². The van der Waals surface area contributed by atoms with Gasteiger partial charge in [0.05, 0.1) is 16.6 Å². The Labute approximate surface area is 234 Å². The fourth-order valence-electron chi connectivity index (χ4n) is 5.35. The summed E-state index contributed by atoms with van der Waals surface area (Å²) in [6.45, 7) is 2.15. The number of nitrogens with one attached hydrogen (secondary N) is 2. The quantitative estimate of drug-likeness (QED) is 0.272. The van der Waals surface area contributed by atoms with E-state index in [1.165, 1.54) is 6.07 Å². The van der Waals surface area contributed by atoms with Crippen molar-refractivity contribution >= 4 is 27.4 Å². The van der Waals surface area contributed by atoms with Crippen molar-refractivity contribution in [3.05, 3.63) is 88.2 Å². The number of anilines is 1. The number of hydrogen-bond donors (Lipinski definition) is 2. The molecule has 4 aromatic rings. The summed E-state index contributed by atoms with van der Waals surface area (Å²) in [7, 11) is 2.11. The van der Waals surface area contributed by atoms with Crippen LogP contribution < -0.4 is 10.1 Å². The Balaban J connectivity index is 1.23. The third-order valence-corrected chi connectivity index (χ3v) is 8.26. The first-order valence-electron chi connectivity index (χ1n) is 13.0. The lowest BCUT2D eigenvalue weighted by Gasteiger charge is -2.40. The summed E-state index contributed by atoms with van der Waals surface area (Å²) in [5.74, 6) is 1.42. The summed E-state index contributed by atoms with van der Waals surface area (Å²) >= 11 is 3.25. The molecule has 2 aliphatic heterocycles. The van der Waals surface area contributed by atoms with Crippen molar-refractivity contribution in [2.45, 2.75) is 30.7 Å². The maximum atomic E-state index is 13.9. The summed E-state index contributed by atoms with van der Waals surface area (Å²) in [5.41, 5.74) is 2.76. The molecule has 1 saturated heterocycles. The van der Waals surface area contributed by atoms with Crippen LogP contribution in [-0.4, -0.2) is 57.6 Å². The number of aromatic amines is 1. The molecule has 200 valence electrons.